The summed E-state index contributed by atoms with van der Waals surface area (Å²) in [5.41, 5.74) is 1.73. The zero-order chi connectivity index (χ0) is 12.5. The van der Waals surface area contributed by atoms with E-state index in [2.05, 4.69) is 57.3 Å². The van der Waals surface area contributed by atoms with Crippen LogP contribution in [0.4, 0.5) is 0 Å². The van der Waals surface area contributed by atoms with Crippen molar-refractivity contribution in [2.24, 2.45) is 0 Å². The molecule has 0 saturated carbocycles. The minimum absolute atomic E-state index is 0.213. The molecule has 92 valence electrons. The summed E-state index contributed by atoms with van der Waals surface area (Å²) in [6, 6.07) is 8.75. The third-order valence-electron chi connectivity index (χ3n) is 2.95. The van der Waals surface area contributed by atoms with Crippen LogP contribution in [-0.2, 0) is 12.0 Å². The number of hydrogen-bond donors (Lipinski definition) is 1. The minimum atomic E-state index is 0.213. The zero-order valence-corrected chi connectivity index (χ0v) is 11.9. The van der Waals surface area contributed by atoms with Crippen LogP contribution in [0, 0.1) is 0 Å². The Labute approximate surface area is 108 Å². The van der Waals surface area contributed by atoms with Crippen molar-refractivity contribution in [2.45, 2.75) is 39.7 Å². The lowest BCUT2D eigenvalue weighted by Gasteiger charge is -2.20. The summed E-state index contributed by atoms with van der Waals surface area (Å²) in [4.78, 5) is 1.49. The van der Waals surface area contributed by atoms with Gasteiger partial charge in [0.25, 0.3) is 0 Å². The molecule has 0 saturated heterocycles. The van der Waals surface area contributed by atoms with Crippen molar-refractivity contribution in [1.82, 2.24) is 5.32 Å². The average molecular weight is 247 g/mol. The fraction of sp³-hybridized carbons (Fsp3) is 0.467. The van der Waals surface area contributed by atoms with Crippen LogP contribution in [0.1, 0.15) is 38.1 Å². The van der Waals surface area contributed by atoms with Crippen LogP contribution in [0.25, 0.3) is 10.1 Å². The second-order valence-electron chi connectivity index (χ2n) is 5.43. The van der Waals surface area contributed by atoms with E-state index in [1.165, 1.54) is 20.5 Å². The molecular weight excluding hydrogens is 226 g/mol. The first kappa shape index (κ1) is 12.6. The minimum Gasteiger partial charge on any atom is -0.312 e. The topological polar surface area (TPSA) is 12.0 Å². The van der Waals surface area contributed by atoms with Gasteiger partial charge in [-0.3, -0.25) is 0 Å². The van der Waals surface area contributed by atoms with Crippen molar-refractivity contribution in [3.05, 3.63) is 34.7 Å². The van der Waals surface area contributed by atoms with E-state index in [1.54, 1.807) is 0 Å². The van der Waals surface area contributed by atoms with Crippen LogP contribution in [-0.4, -0.2) is 6.54 Å². The highest BCUT2D eigenvalue weighted by Gasteiger charge is 2.22. The van der Waals surface area contributed by atoms with Gasteiger partial charge in [-0.1, -0.05) is 45.9 Å². The molecule has 1 N–H and O–H groups in total. The van der Waals surface area contributed by atoms with Gasteiger partial charge in [0.15, 0.2) is 0 Å². The molecule has 0 atom stereocenters. The summed E-state index contributed by atoms with van der Waals surface area (Å²) < 4.78 is 1.41. The van der Waals surface area contributed by atoms with Gasteiger partial charge in [0.2, 0.25) is 0 Å². The molecule has 0 aliphatic heterocycles. The highest BCUT2D eigenvalue weighted by molar-refractivity contribution is 7.19. The second-order valence-corrected chi connectivity index (χ2v) is 6.56. The van der Waals surface area contributed by atoms with Crippen LogP contribution in [0.3, 0.4) is 0 Å². The predicted octanol–water partition coefficient (Wildman–Crippen LogP) is 4.31. The highest BCUT2D eigenvalue weighted by Crippen LogP contribution is 2.38. The molecule has 0 aliphatic rings. The maximum Gasteiger partial charge on any atom is 0.0349 e. The third-order valence-corrected chi connectivity index (χ3v) is 4.12. The second kappa shape index (κ2) is 4.79. The van der Waals surface area contributed by atoms with E-state index in [0.717, 1.165) is 13.1 Å². The number of hydrogen-bond acceptors (Lipinski definition) is 2. The first-order valence-electron chi connectivity index (χ1n) is 6.25. The van der Waals surface area contributed by atoms with Gasteiger partial charge < -0.3 is 5.32 Å². The lowest BCUT2D eigenvalue weighted by atomic mass is 9.85. The molecule has 2 rings (SSSR count). The number of benzene rings is 1. The van der Waals surface area contributed by atoms with Crippen molar-refractivity contribution < 1.29 is 0 Å². The van der Waals surface area contributed by atoms with Crippen LogP contribution in [0.15, 0.2) is 24.3 Å². The summed E-state index contributed by atoms with van der Waals surface area (Å²) in [5, 5.41) is 4.88. The maximum absolute atomic E-state index is 3.45. The van der Waals surface area contributed by atoms with Crippen molar-refractivity contribution in [1.29, 1.82) is 0 Å². The number of nitrogens with one attached hydrogen (secondary N) is 1. The van der Waals surface area contributed by atoms with Crippen molar-refractivity contribution in [2.75, 3.05) is 6.54 Å². The smallest absolute Gasteiger partial charge is 0.0349 e. The number of thiophene rings is 1. The van der Waals surface area contributed by atoms with Gasteiger partial charge in [-0.2, -0.15) is 0 Å². The molecule has 0 unspecified atom stereocenters. The fourth-order valence-electron chi connectivity index (χ4n) is 2.28. The molecule has 0 spiro atoms. The van der Waals surface area contributed by atoms with Crippen molar-refractivity contribution in [3.8, 4) is 0 Å². The Bertz CT molecular complexity index is 505. The Morgan fingerprint density at radius 3 is 2.53 bits per heavy atom. The first-order valence-corrected chi connectivity index (χ1v) is 7.07. The van der Waals surface area contributed by atoms with Crippen LogP contribution >= 0.6 is 11.3 Å². The van der Waals surface area contributed by atoms with Gasteiger partial charge in [-0.05, 0) is 29.0 Å². The molecule has 2 heteroatoms. The van der Waals surface area contributed by atoms with Crippen molar-refractivity contribution in [3.63, 3.8) is 0 Å². The number of rotatable bonds is 3. The first-order chi connectivity index (χ1) is 8.04. The Balaban J connectivity index is 2.57. The molecule has 0 aliphatic carbocycles. The average Bonchev–Trinajstić information content (AvgIpc) is 2.63. The number of fused-ring (bicyclic) bond motifs is 1. The molecule has 0 bridgehead atoms. The fourth-order valence-corrected chi connectivity index (χ4v) is 3.67. The Kier molecular flexibility index (Phi) is 3.55. The lowest BCUT2D eigenvalue weighted by Crippen LogP contribution is -2.17. The Hall–Kier alpha value is -0.860. The molecule has 1 aromatic heterocycles. The predicted molar refractivity (Wildman–Crippen MR) is 77.9 cm³/mol. The molecule has 1 heterocycles. The maximum atomic E-state index is 3.45. The summed E-state index contributed by atoms with van der Waals surface area (Å²) in [6.45, 7) is 11.1. The quantitative estimate of drug-likeness (QED) is 0.852. The van der Waals surface area contributed by atoms with E-state index < -0.39 is 0 Å². The third kappa shape index (κ3) is 2.53. The largest absolute Gasteiger partial charge is 0.312 e. The molecule has 1 aromatic carbocycles. The lowest BCUT2D eigenvalue weighted by molar-refractivity contribution is 0.585. The summed E-state index contributed by atoms with van der Waals surface area (Å²) in [5.74, 6) is 0. The van der Waals surface area contributed by atoms with Gasteiger partial charge in [0.05, 0.1) is 0 Å². The van der Waals surface area contributed by atoms with Gasteiger partial charge in [-0.15, -0.1) is 11.3 Å². The normalized spacial score (nSPS) is 12.2. The van der Waals surface area contributed by atoms with E-state index >= 15 is 0 Å². The molecule has 2 aromatic rings. The molecule has 17 heavy (non-hydrogen) atoms. The van der Waals surface area contributed by atoms with Gasteiger partial charge in [0, 0.05) is 16.1 Å². The molecule has 0 fully saturated rings. The van der Waals surface area contributed by atoms with E-state index in [9.17, 15) is 0 Å². The SMILES string of the molecule is CCNCc1sc2ccccc2c1C(C)(C)C. The summed E-state index contributed by atoms with van der Waals surface area (Å²) in [7, 11) is 0. The standard InChI is InChI=1S/C15H21NS/c1-5-16-10-13-14(15(2,3)4)11-8-6-7-9-12(11)17-13/h6-9,16H,5,10H2,1-4H3. The van der Waals surface area contributed by atoms with E-state index in [4.69, 9.17) is 0 Å². The monoisotopic (exact) mass is 247 g/mol. The highest BCUT2D eigenvalue weighted by atomic mass is 32.1. The zero-order valence-electron chi connectivity index (χ0n) is 11.1. The molecule has 0 radical (unpaired) electrons. The molecule has 1 nitrogen and oxygen atoms in total. The van der Waals surface area contributed by atoms with Gasteiger partial charge in [-0.25, -0.2) is 0 Å². The summed E-state index contributed by atoms with van der Waals surface area (Å²) >= 11 is 1.93. The Morgan fingerprint density at radius 2 is 1.88 bits per heavy atom. The van der Waals surface area contributed by atoms with E-state index in [0.29, 0.717) is 0 Å². The van der Waals surface area contributed by atoms with E-state index in [-0.39, 0.29) is 5.41 Å². The van der Waals surface area contributed by atoms with Crippen molar-refractivity contribution >= 4 is 21.4 Å². The van der Waals surface area contributed by atoms with Gasteiger partial charge in [0.1, 0.15) is 0 Å². The van der Waals surface area contributed by atoms with Crippen LogP contribution in [0.2, 0.25) is 0 Å². The molecular formula is C15H21NS. The van der Waals surface area contributed by atoms with Gasteiger partial charge >= 0.3 is 0 Å². The summed E-state index contributed by atoms with van der Waals surface area (Å²) in [6.07, 6.45) is 0. The van der Waals surface area contributed by atoms with Crippen LogP contribution in [0.5, 0.6) is 0 Å². The van der Waals surface area contributed by atoms with E-state index in [1.807, 2.05) is 11.3 Å². The Morgan fingerprint density at radius 1 is 1.18 bits per heavy atom. The molecule has 0 amide bonds. The van der Waals surface area contributed by atoms with Crippen LogP contribution < -0.4 is 5.32 Å².